The van der Waals surface area contributed by atoms with Gasteiger partial charge in [-0.2, -0.15) is 0 Å². The van der Waals surface area contributed by atoms with Gasteiger partial charge in [-0.15, -0.1) is 0 Å². The number of ether oxygens (including phenoxy) is 4. The van der Waals surface area contributed by atoms with Gasteiger partial charge in [-0.1, -0.05) is 0 Å². The Morgan fingerprint density at radius 3 is 2.44 bits per heavy atom. The second kappa shape index (κ2) is 9.53. The number of aromatic nitrogens is 1. The van der Waals surface area contributed by atoms with E-state index in [-0.39, 0.29) is 22.9 Å². The standard InChI is InChI=1S/C25H18F3N3O5/c1-33-21-12-18-22(24-23(21)34-8-9-35-24)20(6-7-29-18)36-19-5-3-14(11-16(19)28)30-25(32)31-17-4-2-13(26)10-15(17)27/h2-7,10-12H,8-9H2,1H3,(H2,30,31,32). The van der Waals surface area contributed by atoms with Crippen molar-refractivity contribution in [2.75, 3.05) is 31.0 Å². The first-order chi connectivity index (χ1) is 17.4. The Morgan fingerprint density at radius 1 is 0.889 bits per heavy atom. The summed E-state index contributed by atoms with van der Waals surface area (Å²) >= 11 is 0. The van der Waals surface area contributed by atoms with Gasteiger partial charge in [0.1, 0.15) is 30.6 Å². The number of pyridine rings is 1. The van der Waals surface area contributed by atoms with E-state index in [2.05, 4.69) is 15.6 Å². The van der Waals surface area contributed by atoms with Gasteiger partial charge in [0.25, 0.3) is 0 Å². The van der Waals surface area contributed by atoms with E-state index in [4.69, 9.17) is 18.9 Å². The molecule has 2 heterocycles. The number of halogens is 3. The second-order valence-electron chi connectivity index (χ2n) is 7.59. The van der Waals surface area contributed by atoms with Crippen LogP contribution in [0.1, 0.15) is 0 Å². The summed E-state index contributed by atoms with van der Waals surface area (Å²) in [6, 6.07) is 8.86. The Bertz CT molecular complexity index is 1480. The van der Waals surface area contributed by atoms with Crippen LogP contribution >= 0.6 is 0 Å². The maximum Gasteiger partial charge on any atom is 0.323 e. The zero-order valence-electron chi connectivity index (χ0n) is 18.7. The van der Waals surface area contributed by atoms with Crippen molar-refractivity contribution in [3.63, 3.8) is 0 Å². The van der Waals surface area contributed by atoms with Crippen LogP contribution < -0.4 is 29.6 Å². The normalized spacial score (nSPS) is 12.2. The summed E-state index contributed by atoms with van der Waals surface area (Å²) in [6.07, 6.45) is 1.50. The minimum absolute atomic E-state index is 0.0818. The topological polar surface area (TPSA) is 90.9 Å². The highest BCUT2D eigenvalue weighted by atomic mass is 19.1. The Morgan fingerprint density at radius 2 is 1.69 bits per heavy atom. The van der Waals surface area contributed by atoms with Crippen LogP contribution in [0.5, 0.6) is 28.7 Å². The van der Waals surface area contributed by atoms with E-state index in [1.165, 1.54) is 25.4 Å². The van der Waals surface area contributed by atoms with Gasteiger partial charge in [0.05, 0.1) is 23.7 Å². The molecule has 0 radical (unpaired) electrons. The maximum atomic E-state index is 14.9. The molecule has 36 heavy (non-hydrogen) atoms. The van der Waals surface area contributed by atoms with E-state index < -0.39 is 23.5 Å². The first-order valence-electron chi connectivity index (χ1n) is 10.7. The average Bonchev–Trinajstić information content (AvgIpc) is 2.87. The summed E-state index contributed by atoms with van der Waals surface area (Å²) in [5.41, 5.74) is 0.348. The van der Waals surface area contributed by atoms with Crippen LogP contribution in [0.15, 0.2) is 54.7 Å². The number of urea groups is 1. The number of benzene rings is 3. The van der Waals surface area contributed by atoms with Crippen LogP contribution in [0, 0.1) is 17.5 Å². The van der Waals surface area contributed by atoms with E-state index in [0.717, 1.165) is 18.2 Å². The highest BCUT2D eigenvalue weighted by molar-refractivity contribution is 6.00. The lowest BCUT2D eigenvalue weighted by atomic mass is 10.1. The van der Waals surface area contributed by atoms with Crippen molar-refractivity contribution in [1.29, 1.82) is 0 Å². The molecule has 2 amide bonds. The molecule has 5 rings (SSSR count). The van der Waals surface area contributed by atoms with E-state index in [9.17, 15) is 18.0 Å². The SMILES string of the molecule is COc1cc2nccc(Oc3ccc(NC(=O)Nc4ccc(F)cc4F)cc3F)c2c2c1OCCO2. The van der Waals surface area contributed by atoms with Crippen LogP contribution in [0.25, 0.3) is 10.9 Å². The molecule has 0 atom stereocenters. The van der Waals surface area contributed by atoms with Gasteiger partial charge in [-0.05, 0) is 30.3 Å². The number of fused-ring (bicyclic) bond motifs is 3. The molecule has 3 aromatic carbocycles. The monoisotopic (exact) mass is 497 g/mol. The molecule has 2 N–H and O–H groups in total. The lowest BCUT2D eigenvalue weighted by molar-refractivity contribution is 0.167. The van der Waals surface area contributed by atoms with Crippen molar-refractivity contribution in [2.24, 2.45) is 0 Å². The van der Waals surface area contributed by atoms with Crippen LogP contribution in [-0.2, 0) is 0 Å². The molecule has 0 saturated carbocycles. The highest BCUT2D eigenvalue weighted by Crippen LogP contribution is 2.48. The fourth-order valence-electron chi connectivity index (χ4n) is 3.67. The molecular formula is C25H18F3N3O5. The van der Waals surface area contributed by atoms with Gasteiger partial charge in [-0.25, -0.2) is 18.0 Å². The predicted octanol–water partition coefficient (Wildman–Crippen LogP) is 5.87. The predicted molar refractivity (Wildman–Crippen MR) is 125 cm³/mol. The summed E-state index contributed by atoms with van der Waals surface area (Å²) < 4.78 is 64.4. The van der Waals surface area contributed by atoms with Gasteiger partial charge >= 0.3 is 6.03 Å². The fraction of sp³-hybridized carbons (Fsp3) is 0.120. The summed E-state index contributed by atoms with van der Waals surface area (Å²) in [6.45, 7) is 0.651. The lowest BCUT2D eigenvalue weighted by Crippen LogP contribution is -2.20. The third kappa shape index (κ3) is 4.50. The maximum absolute atomic E-state index is 14.9. The summed E-state index contributed by atoms with van der Waals surface area (Å²) in [4.78, 5) is 16.5. The van der Waals surface area contributed by atoms with Crippen molar-refractivity contribution in [3.05, 3.63) is 72.2 Å². The van der Waals surface area contributed by atoms with Crippen LogP contribution in [-0.4, -0.2) is 31.3 Å². The minimum atomic E-state index is -0.946. The molecule has 4 aromatic rings. The summed E-state index contributed by atoms with van der Waals surface area (Å²) in [5, 5.41) is 5.09. The molecule has 0 aliphatic carbocycles. The zero-order chi connectivity index (χ0) is 25.2. The van der Waals surface area contributed by atoms with Crippen molar-refractivity contribution in [1.82, 2.24) is 4.98 Å². The Hall–Kier alpha value is -4.67. The number of amides is 2. The highest BCUT2D eigenvalue weighted by Gasteiger charge is 2.24. The molecule has 1 aromatic heterocycles. The van der Waals surface area contributed by atoms with Gasteiger partial charge < -0.3 is 29.6 Å². The zero-order valence-corrected chi connectivity index (χ0v) is 18.7. The summed E-state index contributed by atoms with van der Waals surface area (Å²) in [7, 11) is 1.50. The Labute approximate surface area is 202 Å². The van der Waals surface area contributed by atoms with Gasteiger partial charge in [0, 0.05) is 30.1 Å². The Kier molecular flexibility index (Phi) is 6.11. The fourth-order valence-corrected chi connectivity index (χ4v) is 3.67. The number of nitrogens with zero attached hydrogens (tertiary/aromatic N) is 1. The number of hydrogen-bond donors (Lipinski definition) is 2. The van der Waals surface area contributed by atoms with Crippen molar-refractivity contribution in [2.45, 2.75) is 0 Å². The minimum Gasteiger partial charge on any atom is -0.493 e. The quantitative estimate of drug-likeness (QED) is 0.359. The number of hydrogen-bond acceptors (Lipinski definition) is 6. The van der Waals surface area contributed by atoms with Gasteiger partial charge in [0.2, 0.25) is 5.75 Å². The molecule has 1 aliphatic rings. The number of anilines is 2. The number of rotatable bonds is 5. The van der Waals surface area contributed by atoms with Crippen molar-refractivity contribution < 1.29 is 36.9 Å². The molecule has 1 aliphatic heterocycles. The number of carbonyl (C=O) groups excluding carboxylic acids is 1. The molecule has 0 fully saturated rings. The van der Waals surface area contributed by atoms with E-state index in [1.807, 2.05) is 0 Å². The molecule has 184 valence electrons. The molecule has 0 bridgehead atoms. The third-order valence-corrected chi connectivity index (χ3v) is 5.25. The number of carbonyl (C=O) groups is 1. The molecule has 8 nitrogen and oxygen atoms in total. The summed E-state index contributed by atoms with van der Waals surface area (Å²) in [5.74, 6) is -1.13. The van der Waals surface area contributed by atoms with E-state index in [1.54, 1.807) is 12.1 Å². The largest absolute Gasteiger partial charge is 0.493 e. The van der Waals surface area contributed by atoms with Gasteiger partial charge in [0.15, 0.2) is 23.1 Å². The van der Waals surface area contributed by atoms with Crippen LogP contribution in [0.2, 0.25) is 0 Å². The molecule has 0 spiro atoms. The lowest BCUT2D eigenvalue weighted by Gasteiger charge is -2.23. The Balaban J connectivity index is 1.38. The van der Waals surface area contributed by atoms with Crippen LogP contribution in [0.4, 0.5) is 29.3 Å². The van der Waals surface area contributed by atoms with E-state index >= 15 is 0 Å². The van der Waals surface area contributed by atoms with Crippen molar-refractivity contribution >= 4 is 28.3 Å². The first kappa shape index (κ1) is 23.1. The van der Waals surface area contributed by atoms with Gasteiger partial charge in [-0.3, -0.25) is 4.98 Å². The first-order valence-corrected chi connectivity index (χ1v) is 10.7. The second-order valence-corrected chi connectivity index (χ2v) is 7.59. The molecule has 0 unspecified atom stereocenters. The van der Waals surface area contributed by atoms with Crippen molar-refractivity contribution in [3.8, 4) is 28.7 Å². The third-order valence-electron chi connectivity index (χ3n) is 5.25. The molecule has 0 saturated heterocycles. The molecule has 11 heteroatoms. The molecular weight excluding hydrogens is 479 g/mol. The van der Waals surface area contributed by atoms with Crippen LogP contribution in [0.3, 0.4) is 0 Å². The number of methoxy groups -OCH3 is 1. The van der Waals surface area contributed by atoms with E-state index in [0.29, 0.717) is 47.4 Å². The average molecular weight is 497 g/mol. The smallest absolute Gasteiger partial charge is 0.323 e. The number of nitrogens with one attached hydrogen (secondary N) is 2.